The Kier molecular flexibility index (Phi) is 8.25. The van der Waals surface area contributed by atoms with Crippen LogP contribution in [0.1, 0.15) is 34.3 Å². The van der Waals surface area contributed by atoms with E-state index >= 15 is 0 Å². The van der Waals surface area contributed by atoms with Crippen LogP contribution in [0.5, 0.6) is 28.7 Å². The van der Waals surface area contributed by atoms with Gasteiger partial charge in [0.2, 0.25) is 11.5 Å². The minimum absolute atomic E-state index is 0.00640. The van der Waals surface area contributed by atoms with Crippen LogP contribution in [0, 0.1) is 10.1 Å². The molecule has 10 heteroatoms. The summed E-state index contributed by atoms with van der Waals surface area (Å²) in [7, 11) is 6.25. The molecule has 174 valence electrons. The van der Waals surface area contributed by atoms with Crippen LogP contribution >= 0.6 is 23.5 Å². The average molecular weight is 482 g/mol. The van der Waals surface area contributed by atoms with E-state index in [1.165, 1.54) is 7.11 Å². The standard InChI is InChI=1S/C22H27NO7S2/c1-6-7-30-20-15(23(24)25)8-14(11-16(20)26-2)22-31-12-19(32-22)13-9-17(27-3)21(29-5)18(10-13)28-4/h8-11,19,22H,6-7,12H2,1-5H3/t19-,22+/m1/s1. The largest absolute Gasteiger partial charge is 0.493 e. The maximum absolute atomic E-state index is 11.7. The van der Waals surface area contributed by atoms with E-state index in [9.17, 15) is 10.1 Å². The fourth-order valence-corrected chi connectivity index (χ4v) is 6.68. The van der Waals surface area contributed by atoms with Crippen molar-refractivity contribution in [2.75, 3.05) is 40.8 Å². The van der Waals surface area contributed by atoms with Crippen LogP contribution in [0.2, 0.25) is 0 Å². The first-order valence-electron chi connectivity index (χ1n) is 10.0. The predicted molar refractivity (Wildman–Crippen MR) is 127 cm³/mol. The van der Waals surface area contributed by atoms with Gasteiger partial charge < -0.3 is 23.7 Å². The lowest BCUT2D eigenvalue weighted by Gasteiger charge is -2.17. The summed E-state index contributed by atoms with van der Waals surface area (Å²) >= 11 is 3.45. The molecule has 0 spiro atoms. The molecule has 2 atom stereocenters. The Bertz CT molecular complexity index is 945. The Balaban J connectivity index is 1.91. The maximum Gasteiger partial charge on any atom is 0.315 e. The van der Waals surface area contributed by atoms with Crippen molar-refractivity contribution in [3.8, 4) is 28.7 Å². The zero-order valence-electron chi connectivity index (χ0n) is 18.7. The second kappa shape index (κ2) is 10.9. The van der Waals surface area contributed by atoms with Crippen molar-refractivity contribution >= 4 is 29.2 Å². The van der Waals surface area contributed by atoms with Gasteiger partial charge in [0.05, 0.1) is 44.6 Å². The third-order valence-corrected chi connectivity index (χ3v) is 8.28. The normalized spacial score (nSPS) is 17.7. The number of ether oxygens (including phenoxy) is 5. The Morgan fingerprint density at radius 2 is 1.53 bits per heavy atom. The first-order chi connectivity index (χ1) is 15.5. The van der Waals surface area contributed by atoms with Gasteiger partial charge in [-0.3, -0.25) is 10.1 Å². The van der Waals surface area contributed by atoms with E-state index in [4.69, 9.17) is 23.7 Å². The highest BCUT2D eigenvalue weighted by molar-refractivity contribution is 8.19. The molecule has 0 aromatic heterocycles. The van der Waals surface area contributed by atoms with Gasteiger partial charge >= 0.3 is 5.69 Å². The molecule has 8 nitrogen and oxygen atoms in total. The summed E-state index contributed by atoms with van der Waals surface area (Å²) in [6.45, 7) is 2.33. The second-order valence-corrected chi connectivity index (χ2v) is 9.67. The molecule has 1 aliphatic rings. The third-order valence-electron chi connectivity index (χ3n) is 4.94. The lowest BCUT2D eigenvalue weighted by atomic mass is 10.1. The summed E-state index contributed by atoms with van der Waals surface area (Å²) in [5, 5.41) is 11.9. The summed E-state index contributed by atoms with van der Waals surface area (Å²) < 4.78 is 27.5. The van der Waals surface area contributed by atoms with Crippen molar-refractivity contribution in [3.05, 3.63) is 45.5 Å². The van der Waals surface area contributed by atoms with Crippen LogP contribution in [-0.4, -0.2) is 45.7 Å². The molecule has 2 aromatic carbocycles. The van der Waals surface area contributed by atoms with Gasteiger partial charge in [0.15, 0.2) is 17.2 Å². The summed E-state index contributed by atoms with van der Waals surface area (Å²) in [6.07, 6.45) is 0.743. The van der Waals surface area contributed by atoms with Gasteiger partial charge in [-0.25, -0.2) is 0 Å². The van der Waals surface area contributed by atoms with E-state index in [1.807, 2.05) is 25.1 Å². The first kappa shape index (κ1) is 24.2. The highest BCUT2D eigenvalue weighted by atomic mass is 32.2. The molecule has 0 bridgehead atoms. The van der Waals surface area contributed by atoms with Crippen LogP contribution in [0.25, 0.3) is 0 Å². The van der Waals surface area contributed by atoms with Crippen LogP contribution in [0.3, 0.4) is 0 Å². The maximum atomic E-state index is 11.7. The predicted octanol–water partition coefficient (Wildman–Crippen LogP) is 5.64. The molecular weight excluding hydrogens is 454 g/mol. The van der Waals surface area contributed by atoms with Crippen molar-refractivity contribution in [1.82, 2.24) is 0 Å². The minimum Gasteiger partial charge on any atom is -0.493 e. The molecule has 32 heavy (non-hydrogen) atoms. The van der Waals surface area contributed by atoms with E-state index in [-0.39, 0.29) is 21.3 Å². The van der Waals surface area contributed by atoms with Gasteiger partial charge in [-0.2, -0.15) is 0 Å². The van der Waals surface area contributed by atoms with Crippen LogP contribution in [0.4, 0.5) is 5.69 Å². The van der Waals surface area contributed by atoms with Crippen molar-refractivity contribution < 1.29 is 28.6 Å². The Hall–Kier alpha value is -2.46. The molecule has 3 rings (SSSR count). The number of benzene rings is 2. The van der Waals surface area contributed by atoms with Gasteiger partial charge in [0.25, 0.3) is 0 Å². The van der Waals surface area contributed by atoms with Crippen molar-refractivity contribution in [2.45, 2.75) is 23.2 Å². The van der Waals surface area contributed by atoms with Crippen molar-refractivity contribution in [3.63, 3.8) is 0 Å². The molecule has 0 aliphatic carbocycles. The summed E-state index contributed by atoms with van der Waals surface area (Å²) in [6, 6.07) is 7.33. The molecule has 1 aliphatic heterocycles. The molecule has 0 amide bonds. The van der Waals surface area contributed by atoms with Gasteiger partial charge in [0, 0.05) is 17.1 Å². The molecule has 0 saturated carbocycles. The van der Waals surface area contributed by atoms with Crippen molar-refractivity contribution in [1.29, 1.82) is 0 Å². The molecule has 2 aromatic rings. The molecular formula is C22H27NO7S2. The van der Waals surface area contributed by atoms with Gasteiger partial charge in [0.1, 0.15) is 0 Å². The smallest absolute Gasteiger partial charge is 0.315 e. The molecule has 1 fully saturated rings. The van der Waals surface area contributed by atoms with Crippen LogP contribution in [0.15, 0.2) is 24.3 Å². The van der Waals surface area contributed by atoms with Gasteiger partial charge in [-0.1, -0.05) is 6.92 Å². The molecule has 1 saturated heterocycles. The van der Waals surface area contributed by atoms with Crippen molar-refractivity contribution in [2.24, 2.45) is 0 Å². The Labute approximate surface area is 196 Å². The zero-order chi connectivity index (χ0) is 23.3. The highest BCUT2D eigenvalue weighted by Gasteiger charge is 2.33. The number of nitro groups is 1. The van der Waals surface area contributed by atoms with E-state index in [0.717, 1.165) is 23.3 Å². The second-order valence-electron chi connectivity index (χ2n) is 6.93. The summed E-state index contributed by atoms with van der Waals surface area (Å²) in [4.78, 5) is 11.3. The monoisotopic (exact) mass is 481 g/mol. The molecule has 0 unspecified atom stereocenters. The number of nitro benzene ring substituents is 1. The lowest BCUT2D eigenvalue weighted by Crippen LogP contribution is -2.03. The van der Waals surface area contributed by atoms with E-state index in [2.05, 4.69) is 0 Å². The summed E-state index contributed by atoms with van der Waals surface area (Å²) in [5.74, 6) is 3.14. The molecule has 0 N–H and O–H groups in total. The topological polar surface area (TPSA) is 89.3 Å². The first-order valence-corrected chi connectivity index (χ1v) is 12.0. The number of thioether (sulfide) groups is 2. The van der Waals surface area contributed by atoms with Crippen LogP contribution in [-0.2, 0) is 0 Å². The number of hydrogen-bond donors (Lipinski definition) is 0. The summed E-state index contributed by atoms with van der Waals surface area (Å²) in [5.41, 5.74) is 1.79. The fourth-order valence-electron chi connectivity index (χ4n) is 3.42. The Morgan fingerprint density at radius 1 is 0.938 bits per heavy atom. The number of methoxy groups -OCH3 is 4. The average Bonchev–Trinajstić information content (AvgIpc) is 3.31. The molecule has 1 heterocycles. The van der Waals surface area contributed by atoms with Crippen LogP contribution < -0.4 is 23.7 Å². The highest BCUT2D eigenvalue weighted by Crippen LogP contribution is 2.58. The number of nitrogens with zero attached hydrogens (tertiary/aromatic N) is 1. The third kappa shape index (κ3) is 4.96. The SMILES string of the molecule is CCCOc1c(OC)cc([C@H]2SC[C@H](c3cc(OC)c(OC)c(OC)c3)S2)cc1[N+](=O)[O-]. The lowest BCUT2D eigenvalue weighted by molar-refractivity contribution is -0.386. The Morgan fingerprint density at radius 3 is 2.06 bits per heavy atom. The minimum atomic E-state index is -0.419. The van der Waals surface area contributed by atoms with Gasteiger partial charge in [-0.05, 0) is 35.7 Å². The number of hydrogen-bond acceptors (Lipinski definition) is 9. The van der Waals surface area contributed by atoms with E-state index in [0.29, 0.717) is 29.6 Å². The zero-order valence-corrected chi connectivity index (χ0v) is 20.3. The van der Waals surface area contributed by atoms with E-state index < -0.39 is 4.92 Å². The van der Waals surface area contributed by atoms with E-state index in [1.54, 1.807) is 50.9 Å². The van der Waals surface area contributed by atoms with Gasteiger partial charge in [-0.15, -0.1) is 23.5 Å². The molecule has 0 radical (unpaired) electrons. The fraction of sp³-hybridized carbons (Fsp3) is 0.455. The quantitative estimate of drug-likeness (QED) is 0.316. The number of rotatable bonds is 10.